The molecule has 0 amide bonds. The monoisotopic (exact) mass is 453 g/mol. The zero-order valence-corrected chi connectivity index (χ0v) is 19.9. The Hall–Kier alpha value is -2.83. The second-order valence-corrected chi connectivity index (χ2v) is 9.80. The minimum atomic E-state index is -3.57. The molecule has 0 bridgehead atoms. The lowest BCUT2D eigenvalue weighted by atomic mass is 9.88. The van der Waals surface area contributed by atoms with Gasteiger partial charge in [-0.15, -0.1) is 0 Å². The molecule has 0 fully saturated rings. The number of aryl methyl sites for hydroxylation is 1. The Morgan fingerprint density at radius 3 is 2.19 bits per heavy atom. The van der Waals surface area contributed by atoms with Gasteiger partial charge in [0.2, 0.25) is 10.0 Å². The molecule has 1 unspecified atom stereocenters. The number of sulfonamides is 1. The van der Waals surface area contributed by atoms with Crippen LogP contribution in [0.4, 0.5) is 0 Å². The van der Waals surface area contributed by atoms with Crippen molar-refractivity contribution >= 4 is 10.0 Å². The van der Waals surface area contributed by atoms with E-state index in [0.29, 0.717) is 13.0 Å². The first-order valence-electron chi connectivity index (χ1n) is 10.8. The number of benzene rings is 3. The zero-order chi connectivity index (χ0) is 23.1. The van der Waals surface area contributed by atoms with Crippen LogP contribution in [-0.4, -0.2) is 28.2 Å². The third kappa shape index (κ3) is 6.11. The second-order valence-electron chi connectivity index (χ2n) is 8.03. The molecule has 0 saturated carbocycles. The summed E-state index contributed by atoms with van der Waals surface area (Å²) in [6, 6.07) is 22.7. The van der Waals surface area contributed by atoms with Crippen LogP contribution in [0.3, 0.4) is 0 Å². The van der Waals surface area contributed by atoms with Crippen molar-refractivity contribution in [2.75, 3.05) is 13.7 Å². The summed E-state index contributed by atoms with van der Waals surface area (Å²) in [6.07, 6.45) is 0.678. The third-order valence-corrected chi connectivity index (χ3v) is 6.70. The molecule has 3 aromatic rings. The average molecular weight is 454 g/mol. The molecule has 0 spiro atoms. The number of nitrogens with one attached hydrogen (secondary N) is 1. The summed E-state index contributed by atoms with van der Waals surface area (Å²) in [7, 11) is -1.93. The van der Waals surface area contributed by atoms with E-state index >= 15 is 0 Å². The number of para-hydroxylation sites is 1. The average Bonchev–Trinajstić information content (AvgIpc) is 2.77. The van der Waals surface area contributed by atoms with E-state index < -0.39 is 10.0 Å². The molecule has 6 heteroatoms. The van der Waals surface area contributed by atoms with Crippen LogP contribution in [0.15, 0.2) is 77.7 Å². The number of methoxy groups -OCH3 is 1. The maximum absolute atomic E-state index is 12.7. The minimum Gasteiger partial charge on any atom is -0.496 e. The van der Waals surface area contributed by atoms with Gasteiger partial charge in [0.05, 0.1) is 18.1 Å². The van der Waals surface area contributed by atoms with Gasteiger partial charge in [0.1, 0.15) is 11.5 Å². The normalized spacial score (nSPS) is 12.5. The molecule has 1 N–H and O–H groups in total. The molecule has 0 aromatic heterocycles. The Morgan fingerprint density at radius 1 is 0.906 bits per heavy atom. The number of ether oxygens (including phenoxy) is 2. The lowest BCUT2D eigenvalue weighted by molar-refractivity contribution is 0.242. The molecule has 170 valence electrons. The maximum atomic E-state index is 12.7. The molecular weight excluding hydrogens is 422 g/mol. The Bertz CT molecular complexity index is 1110. The molecule has 32 heavy (non-hydrogen) atoms. The van der Waals surface area contributed by atoms with E-state index in [1.807, 2.05) is 69.3 Å². The summed E-state index contributed by atoms with van der Waals surface area (Å²) in [5, 5.41) is 0. The molecule has 5 nitrogen and oxygen atoms in total. The highest BCUT2D eigenvalue weighted by Gasteiger charge is 2.20. The predicted molar refractivity (Wildman–Crippen MR) is 128 cm³/mol. The standard InChI is InChI=1S/C26H31NO4S/c1-19(2)31-22-13-11-21(12-14-22)24(25-7-5-6-8-26(25)30-4)17-18-27-32(28,29)23-15-9-20(3)10-16-23/h5-16,19,24,27H,17-18H2,1-4H3. The smallest absolute Gasteiger partial charge is 0.240 e. The van der Waals surface area contributed by atoms with E-state index in [4.69, 9.17) is 9.47 Å². The van der Waals surface area contributed by atoms with Crippen molar-refractivity contribution < 1.29 is 17.9 Å². The third-order valence-electron chi connectivity index (χ3n) is 5.22. The first-order chi connectivity index (χ1) is 15.3. The van der Waals surface area contributed by atoms with Crippen LogP contribution in [0.2, 0.25) is 0 Å². The largest absolute Gasteiger partial charge is 0.496 e. The van der Waals surface area contributed by atoms with Gasteiger partial charge in [-0.3, -0.25) is 0 Å². The molecule has 0 radical (unpaired) electrons. The summed E-state index contributed by atoms with van der Waals surface area (Å²) < 4.78 is 39.5. The summed E-state index contributed by atoms with van der Waals surface area (Å²) in [4.78, 5) is 0.270. The molecule has 0 aliphatic rings. The van der Waals surface area contributed by atoms with Gasteiger partial charge in [0, 0.05) is 18.0 Å². The SMILES string of the molecule is COc1ccccc1C(CCNS(=O)(=O)c1ccc(C)cc1)c1ccc(OC(C)C)cc1. The lowest BCUT2D eigenvalue weighted by Gasteiger charge is -2.21. The Labute approximate surface area is 191 Å². The van der Waals surface area contributed by atoms with Gasteiger partial charge in [-0.05, 0) is 63.1 Å². The highest BCUT2D eigenvalue weighted by molar-refractivity contribution is 7.89. The maximum Gasteiger partial charge on any atom is 0.240 e. The Kier molecular flexibility index (Phi) is 7.94. The van der Waals surface area contributed by atoms with Crippen molar-refractivity contribution in [2.45, 2.75) is 44.1 Å². The molecular formula is C26H31NO4S. The van der Waals surface area contributed by atoms with Gasteiger partial charge in [-0.1, -0.05) is 48.0 Å². The summed E-state index contributed by atoms with van der Waals surface area (Å²) in [5.74, 6) is 1.55. The molecule has 3 aromatic carbocycles. The van der Waals surface area contributed by atoms with Crippen LogP contribution in [-0.2, 0) is 10.0 Å². The van der Waals surface area contributed by atoms with Crippen LogP contribution in [0, 0.1) is 6.92 Å². The van der Waals surface area contributed by atoms with Gasteiger partial charge in [0.15, 0.2) is 0 Å². The first kappa shape index (κ1) is 23.8. The first-order valence-corrected chi connectivity index (χ1v) is 12.2. The second kappa shape index (κ2) is 10.7. The molecule has 1 atom stereocenters. The summed E-state index contributed by atoms with van der Waals surface area (Å²) in [5.41, 5.74) is 3.10. The molecule has 0 aliphatic carbocycles. The lowest BCUT2D eigenvalue weighted by Crippen LogP contribution is -2.26. The van der Waals surface area contributed by atoms with Crippen LogP contribution in [0.1, 0.15) is 42.9 Å². The topological polar surface area (TPSA) is 64.6 Å². The van der Waals surface area contributed by atoms with E-state index in [0.717, 1.165) is 28.2 Å². The van der Waals surface area contributed by atoms with Crippen molar-refractivity contribution in [3.8, 4) is 11.5 Å². The van der Waals surface area contributed by atoms with Crippen LogP contribution in [0.5, 0.6) is 11.5 Å². The van der Waals surface area contributed by atoms with E-state index in [1.165, 1.54) is 0 Å². The number of rotatable bonds is 10. The fourth-order valence-electron chi connectivity index (χ4n) is 3.65. The Morgan fingerprint density at radius 2 is 1.56 bits per heavy atom. The minimum absolute atomic E-state index is 0.0417. The summed E-state index contributed by atoms with van der Waals surface area (Å²) >= 11 is 0. The Balaban J connectivity index is 1.82. The zero-order valence-electron chi connectivity index (χ0n) is 19.0. The molecule has 0 heterocycles. The highest BCUT2D eigenvalue weighted by Crippen LogP contribution is 2.35. The van der Waals surface area contributed by atoms with Crippen molar-refractivity contribution in [3.63, 3.8) is 0 Å². The van der Waals surface area contributed by atoms with Gasteiger partial charge >= 0.3 is 0 Å². The van der Waals surface area contributed by atoms with Gasteiger partial charge in [-0.2, -0.15) is 0 Å². The van der Waals surface area contributed by atoms with Crippen LogP contribution in [0.25, 0.3) is 0 Å². The van der Waals surface area contributed by atoms with Crippen molar-refractivity contribution in [2.24, 2.45) is 0 Å². The van der Waals surface area contributed by atoms with Crippen molar-refractivity contribution in [3.05, 3.63) is 89.5 Å². The van der Waals surface area contributed by atoms with Crippen molar-refractivity contribution in [1.29, 1.82) is 0 Å². The number of hydrogen-bond acceptors (Lipinski definition) is 4. The van der Waals surface area contributed by atoms with E-state index in [1.54, 1.807) is 31.4 Å². The number of hydrogen-bond donors (Lipinski definition) is 1. The fourth-order valence-corrected chi connectivity index (χ4v) is 4.69. The predicted octanol–water partition coefficient (Wildman–Crippen LogP) is 5.29. The van der Waals surface area contributed by atoms with Crippen LogP contribution < -0.4 is 14.2 Å². The van der Waals surface area contributed by atoms with Gasteiger partial charge in [0.25, 0.3) is 0 Å². The molecule has 0 saturated heterocycles. The van der Waals surface area contributed by atoms with Gasteiger partial charge < -0.3 is 9.47 Å². The van der Waals surface area contributed by atoms with Gasteiger partial charge in [-0.25, -0.2) is 13.1 Å². The van der Waals surface area contributed by atoms with Crippen molar-refractivity contribution in [1.82, 2.24) is 4.72 Å². The van der Waals surface area contributed by atoms with E-state index in [9.17, 15) is 8.42 Å². The van der Waals surface area contributed by atoms with E-state index in [-0.39, 0.29) is 16.9 Å². The van der Waals surface area contributed by atoms with E-state index in [2.05, 4.69) is 4.72 Å². The fraction of sp³-hybridized carbons (Fsp3) is 0.308. The highest BCUT2D eigenvalue weighted by atomic mass is 32.2. The summed E-state index contributed by atoms with van der Waals surface area (Å²) in [6.45, 7) is 6.21. The van der Waals surface area contributed by atoms with Crippen LogP contribution >= 0.6 is 0 Å². The molecule has 0 aliphatic heterocycles. The molecule has 3 rings (SSSR count). The quantitative estimate of drug-likeness (QED) is 0.453.